The van der Waals surface area contributed by atoms with Crippen LogP contribution in [0, 0.1) is 11.3 Å². The van der Waals surface area contributed by atoms with Crippen molar-refractivity contribution in [3.8, 4) is 6.07 Å². The topological polar surface area (TPSA) is 52.9 Å². The highest BCUT2D eigenvalue weighted by Crippen LogP contribution is 2.02. The Hall–Kier alpha value is -1.30. The summed E-state index contributed by atoms with van der Waals surface area (Å²) in [5.74, 6) is -0.128. The predicted octanol–water partition coefficient (Wildman–Crippen LogP) is 1.33. The molecular formula is C8H12N2O. The van der Waals surface area contributed by atoms with Gasteiger partial charge < -0.3 is 5.32 Å². The van der Waals surface area contributed by atoms with Crippen LogP contribution >= 0.6 is 0 Å². The molecule has 0 aromatic carbocycles. The van der Waals surface area contributed by atoms with Gasteiger partial charge in [0.05, 0.1) is 6.07 Å². The minimum atomic E-state index is -0.128. The molecule has 0 aromatic heterocycles. The van der Waals surface area contributed by atoms with E-state index in [2.05, 4.69) is 5.32 Å². The Morgan fingerprint density at radius 1 is 1.55 bits per heavy atom. The average Bonchev–Trinajstić information content (AvgIpc) is 1.98. The maximum Gasteiger partial charge on any atom is 0.221 e. The van der Waals surface area contributed by atoms with Gasteiger partial charge in [-0.05, 0) is 13.3 Å². The molecule has 3 heteroatoms. The summed E-state index contributed by atoms with van der Waals surface area (Å²) in [6, 6.07) is 1.99. The first-order valence-electron chi connectivity index (χ1n) is 3.49. The zero-order valence-electron chi connectivity index (χ0n) is 7.06. The molecule has 0 fully saturated rings. The lowest BCUT2D eigenvalue weighted by molar-refractivity contribution is -0.118. The SMILES string of the molecule is CC/C(NC(C)=O)=C(/C)C#N. The molecule has 0 atom stereocenters. The zero-order chi connectivity index (χ0) is 8.85. The molecule has 11 heavy (non-hydrogen) atoms. The van der Waals surface area contributed by atoms with Crippen LogP contribution in [0.3, 0.4) is 0 Å². The Kier molecular flexibility index (Phi) is 3.97. The van der Waals surface area contributed by atoms with Crippen LogP contribution in [-0.2, 0) is 4.79 Å². The van der Waals surface area contributed by atoms with Crippen molar-refractivity contribution < 1.29 is 4.79 Å². The third kappa shape index (κ3) is 3.41. The number of amides is 1. The minimum absolute atomic E-state index is 0.128. The molecule has 0 rings (SSSR count). The van der Waals surface area contributed by atoms with Gasteiger partial charge in [-0.1, -0.05) is 6.92 Å². The van der Waals surface area contributed by atoms with E-state index >= 15 is 0 Å². The van der Waals surface area contributed by atoms with Gasteiger partial charge in [-0.25, -0.2) is 0 Å². The van der Waals surface area contributed by atoms with Gasteiger partial charge in [0.1, 0.15) is 0 Å². The lowest BCUT2D eigenvalue weighted by Gasteiger charge is -2.04. The maximum absolute atomic E-state index is 10.6. The molecule has 0 aliphatic heterocycles. The fraction of sp³-hybridized carbons (Fsp3) is 0.500. The molecular weight excluding hydrogens is 140 g/mol. The largest absolute Gasteiger partial charge is 0.329 e. The molecule has 0 unspecified atom stereocenters. The number of rotatable bonds is 2. The number of hydrogen-bond acceptors (Lipinski definition) is 2. The minimum Gasteiger partial charge on any atom is -0.329 e. The lowest BCUT2D eigenvalue weighted by Crippen LogP contribution is -2.19. The quantitative estimate of drug-likeness (QED) is 0.607. The molecule has 0 bridgehead atoms. The number of nitriles is 1. The normalized spacial score (nSPS) is 11.5. The summed E-state index contributed by atoms with van der Waals surface area (Å²) < 4.78 is 0. The second-order valence-corrected chi connectivity index (χ2v) is 2.25. The first kappa shape index (κ1) is 9.70. The van der Waals surface area contributed by atoms with Crippen LogP contribution in [0.2, 0.25) is 0 Å². The molecule has 0 saturated carbocycles. The molecule has 1 N–H and O–H groups in total. The fourth-order valence-corrected chi connectivity index (χ4v) is 0.727. The van der Waals surface area contributed by atoms with Gasteiger partial charge in [0.15, 0.2) is 0 Å². The molecule has 0 heterocycles. The van der Waals surface area contributed by atoms with E-state index in [4.69, 9.17) is 5.26 Å². The summed E-state index contributed by atoms with van der Waals surface area (Å²) in [5.41, 5.74) is 1.28. The maximum atomic E-state index is 10.6. The van der Waals surface area contributed by atoms with Crippen molar-refractivity contribution in [2.45, 2.75) is 27.2 Å². The Morgan fingerprint density at radius 3 is 2.36 bits per heavy atom. The van der Waals surface area contributed by atoms with Gasteiger partial charge in [0.25, 0.3) is 0 Å². The highest BCUT2D eigenvalue weighted by atomic mass is 16.1. The lowest BCUT2D eigenvalue weighted by atomic mass is 10.2. The smallest absolute Gasteiger partial charge is 0.221 e. The fourth-order valence-electron chi connectivity index (χ4n) is 0.727. The predicted molar refractivity (Wildman–Crippen MR) is 42.4 cm³/mol. The monoisotopic (exact) mass is 152 g/mol. The summed E-state index contributed by atoms with van der Waals surface area (Å²) in [6.07, 6.45) is 0.680. The number of nitrogens with one attached hydrogen (secondary N) is 1. The van der Waals surface area contributed by atoms with Crippen molar-refractivity contribution in [2.75, 3.05) is 0 Å². The summed E-state index contributed by atoms with van der Waals surface area (Å²) >= 11 is 0. The number of carbonyl (C=O) groups is 1. The van der Waals surface area contributed by atoms with E-state index < -0.39 is 0 Å². The summed E-state index contributed by atoms with van der Waals surface area (Å²) in [4.78, 5) is 10.6. The van der Waals surface area contributed by atoms with Crippen LogP contribution in [0.4, 0.5) is 0 Å². The van der Waals surface area contributed by atoms with E-state index in [0.29, 0.717) is 17.7 Å². The Labute approximate surface area is 66.7 Å². The first-order valence-corrected chi connectivity index (χ1v) is 3.49. The van der Waals surface area contributed by atoms with Crippen molar-refractivity contribution in [2.24, 2.45) is 0 Å². The molecule has 0 aliphatic rings. The van der Waals surface area contributed by atoms with Gasteiger partial charge in [-0.15, -0.1) is 0 Å². The Balaban J connectivity index is 4.42. The van der Waals surface area contributed by atoms with Crippen LogP contribution in [0.1, 0.15) is 27.2 Å². The number of allylic oxidation sites excluding steroid dienone is 2. The second kappa shape index (κ2) is 4.51. The van der Waals surface area contributed by atoms with Crippen molar-refractivity contribution in [3.05, 3.63) is 11.3 Å². The summed E-state index contributed by atoms with van der Waals surface area (Å²) in [7, 11) is 0. The van der Waals surface area contributed by atoms with Gasteiger partial charge in [0.2, 0.25) is 5.91 Å². The first-order chi connectivity index (χ1) is 5.11. The second-order valence-electron chi connectivity index (χ2n) is 2.25. The van der Waals surface area contributed by atoms with Crippen LogP contribution < -0.4 is 5.32 Å². The van der Waals surface area contributed by atoms with Crippen LogP contribution in [-0.4, -0.2) is 5.91 Å². The van der Waals surface area contributed by atoms with Crippen LogP contribution in [0.25, 0.3) is 0 Å². The number of nitrogens with zero attached hydrogens (tertiary/aromatic N) is 1. The van der Waals surface area contributed by atoms with E-state index in [-0.39, 0.29) is 5.91 Å². The molecule has 0 radical (unpaired) electrons. The van der Waals surface area contributed by atoms with Gasteiger partial charge in [-0.2, -0.15) is 5.26 Å². The zero-order valence-corrected chi connectivity index (χ0v) is 7.06. The molecule has 1 amide bonds. The van der Waals surface area contributed by atoms with Crippen molar-refractivity contribution >= 4 is 5.91 Å². The Bertz CT molecular complexity index is 223. The molecule has 0 aromatic rings. The Morgan fingerprint density at radius 2 is 2.09 bits per heavy atom. The molecule has 0 spiro atoms. The van der Waals surface area contributed by atoms with Crippen molar-refractivity contribution in [1.82, 2.24) is 5.32 Å². The third-order valence-electron chi connectivity index (χ3n) is 1.30. The number of carbonyl (C=O) groups excluding carboxylic acids is 1. The molecule has 3 nitrogen and oxygen atoms in total. The highest BCUT2D eigenvalue weighted by Gasteiger charge is 2.00. The van der Waals surface area contributed by atoms with Gasteiger partial charge in [-0.3, -0.25) is 4.79 Å². The van der Waals surface area contributed by atoms with E-state index in [1.54, 1.807) is 6.92 Å². The van der Waals surface area contributed by atoms with E-state index in [9.17, 15) is 4.79 Å². The molecule has 60 valence electrons. The molecule has 0 saturated heterocycles. The van der Waals surface area contributed by atoms with E-state index in [0.717, 1.165) is 0 Å². The average molecular weight is 152 g/mol. The summed E-state index contributed by atoms with van der Waals surface area (Å²) in [5, 5.41) is 11.1. The summed E-state index contributed by atoms with van der Waals surface area (Å²) in [6.45, 7) is 5.02. The number of hydrogen-bond donors (Lipinski definition) is 1. The highest BCUT2D eigenvalue weighted by molar-refractivity contribution is 5.75. The van der Waals surface area contributed by atoms with E-state index in [1.807, 2.05) is 13.0 Å². The van der Waals surface area contributed by atoms with Crippen LogP contribution in [0.15, 0.2) is 11.3 Å². The third-order valence-corrected chi connectivity index (χ3v) is 1.30. The van der Waals surface area contributed by atoms with Crippen molar-refractivity contribution in [1.29, 1.82) is 5.26 Å². The van der Waals surface area contributed by atoms with Crippen molar-refractivity contribution in [3.63, 3.8) is 0 Å². The van der Waals surface area contributed by atoms with E-state index in [1.165, 1.54) is 6.92 Å². The van der Waals surface area contributed by atoms with Gasteiger partial charge in [0, 0.05) is 18.2 Å². The van der Waals surface area contributed by atoms with Gasteiger partial charge >= 0.3 is 0 Å². The standard InChI is InChI=1S/C8H12N2O/c1-4-8(6(2)5-9)10-7(3)11/h4H2,1-3H3,(H,10,11)/b8-6+. The molecule has 0 aliphatic carbocycles. The van der Waals surface area contributed by atoms with Crippen LogP contribution in [0.5, 0.6) is 0 Å².